The van der Waals surface area contributed by atoms with Crippen LogP contribution in [0.15, 0.2) is 96.0 Å². The van der Waals surface area contributed by atoms with Gasteiger partial charge in [-0.2, -0.15) is 0 Å². The minimum atomic E-state index is -0.527. The Kier molecular flexibility index (Phi) is 6.53. The lowest BCUT2D eigenvalue weighted by Crippen LogP contribution is -2.17. The second-order valence-electron chi connectivity index (χ2n) is 6.16. The minimum absolute atomic E-state index is 0.173. The Balaban J connectivity index is 1.97. The summed E-state index contributed by atoms with van der Waals surface area (Å²) in [5.74, 6) is -0.812. The van der Waals surface area contributed by atoms with Gasteiger partial charge in [-0.1, -0.05) is 91.0 Å². The van der Waals surface area contributed by atoms with Crippen LogP contribution in [0.25, 0.3) is 0 Å². The molecule has 0 radical (unpaired) electrons. The van der Waals surface area contributed by atoms with E-state index in [1.165, 1.54) is 0 Å². The van der Waals surface area contributed by atoms with E-state index < -0.39 is 5.92 Å². The normalized spacial score (nSPS) is 12.2. The lowest BCUT2D eigenvalue weighted by atomic mass is 9.97. The zero-order chi connectivity index (χ0) is 18.9. The molecule has 0 saturated heterocycles. The van der Waals surface area contributed by atoms with Crippen molar-refractivity contribution >= 4 is 12.2 Å². The summed E-state index contributed by atoms with van der Waals surface area (Å²) in [5, 5.41) is 0. The minimum Gasteiger partial charge on any atom is -0.465 e. The first-order valence-electron chi connectivity index (χ1n) is 9.14. The van der Waals surface area contributed by atoms with E-state index in [9.17, 15) is 4.79 Å². The van der Waals surface area contributed by atoms with Crippen LogP contribution >= 0.6 is 0 Å². The summed E-state index contributed by atoms with van der Waals surface area (Å²) in [6, 6.07) is 29.6. The molecule has 0 spiro atoms. The van der Waals surface area contributed by atoms with Gasteiger partial charge in [-0.05, 0) is 23.6 Å². The molecule has 136 valence electrons. The van der Waals surface area contributed by atoms with Gasteiger partial charge in [0.1, 0.15) is 5.92 Å². The lowest BCUT2D eigenvalue weighted by Gasteiger charge is -2.16. The van der Waals surface area contributed by atoms with Gasteiger partial charge >= 0.3 is 5.97 Å². The van der Waals surface area contributed by atoms with Gasteiger partial charge in [0.2, 0.25) is 0 Å². The number of hydrogen-bond acceptors (Lipinski definition) is 3. The molecule has 0 aliphatic rings. The van der Waals surface area contributed by atoms with Crippen LogP contribution in [0.3, 0.4) is 0 Å². The highest BCUT2D eigenvalue weighted by Crippen LogP contribution is 2.27. The highest BCUT2D eigenvalue weighted by atomic mass is 16.5. The molecule has 0 saturated carbocycles. The Morgan fingerprint density at radius 1 is 0.815 bits per heavy atom. The van der Waals surface area contributed by atoms with Crippen molar-refractivity contribution in [1.82, 2.24) is 0 Å². The Morgan fingerprint density at radius 3 is 1.70 bits per heavy atom. The summed E-state index contributed by atoms with van der Waals surface area (Å²) in [4.78, 5) is 17.3. The van der Waals surface area contributed by atoms with Crippen molar-refractivity contribution in [3.8, 4) is 0 Å². The quantitative estimate of drug-likeness (QED) is 0.431. The number of rotatable bonds is 7. The molecule has 3 aromatic carbocycles. The van der Waals surface area contributed by atoms with Gasteiger partial charge in [0.05, 0.1) is 12.6 Å². The SMILES string of the molecule is CCOC(=O)C(C=NC(c1ccccc1)c1ccccc1)c1ccccc1. The van der Waals surface area contributed by atoms with Crippen molar-refractivity contribution < 1.29 is 9.53 Å². The maximum atomic E-state index is 12.5. The molecule has 1 atom stereocenters. The summed E-state index contributed by atoms with van der Waals surface area (Å²) in [6.45, 7) is 2.16. The molecule has 0 fully saturated rings. The van der Waals surface area contributed by atoms with E-state index >= 15 is 0 Å². The Labute approximate surface area is 160 Å². The van der Waals surface area contributed by atoms with Gasteiger partial charge in [-0.3, -0.25) is 9.79 Å². The predicted octanol–water partition coefficient (Wildman–Crippen LogP) is 5.19. The largest absolute Gasteiger partial charge is 0.465 e. The molecule has 0 aliphatic carbocycles. The first-order chi connectivity index (χ1) is 13.3. The lowest BCUT2D eigenvalue weighted by molar-refractivity contribution is -0.143. The van der Waals surface area contributed by atoms with Crippen LogP contribution in [0, 0.1) is 0 Å². The predicted molar refractivity (Wildman–Crippen MR) is 109 cm³/mol. The molecule has 0 heterocycles. The number of ether oxygens (including phenoxy) is 1. The van der Waals surface area contributed by atoms with E-state index in [0.717, 1.165) is 16.7 Å². The smallest absolute Gasteiger partial charge is 0.318 e. The van der Waals surface area contributed by atoms with Gasteiger partial charge in [-0.25, -0.2) is 0 Å². The first-order valence-corrected chi connectivity index (χ1v) is 9.14. The van der Waals surface area contributed by atoms with Gasteiger partial charge in [-0.15, -0.1) is 0 Å². The summed E-state index contributed by atoms with van der Waals surface area (Å²) in [7, 11) is 0. The van der Waals surface area contributed by atoms with E-state index in [2.05, 4.69) is 24.3 Å². The van der Waals surface area contributed by atoms with Crippen LogP contribution in [0.1, 0.15) is 35.6 Å². The third-order valence-corrected chi connectivity index (χ3v) is 4.31. The van der Waals surface area contributed by atoms with Crippen LogP contribution in [-0.2, 0) is 9.53 Å². The number of esters is 1. The number of carbonyl (C=O) groups is 1. The molecule has 3 rings (SSSR count). The maximum Gasteiger partial charge on any atom is 0.318 e. The van der Waals surface area contributed by atoms with Crippen LogP contribution in [-0.4, -0.2) is 18.8 Å². The summed E-state index contributed by atoms with van der Waals surface area (Å²) in [6.07, 6.45) is 1.72. The molecule has 3 heteroatoms. The van der Waals surface area contributed by atoms with Gasteiger partial charge in [0.25, 0.3) is 0 Å². The second-order valence-corrected chi connectivity index (χ2v) is 6.16. The average molecular weight is 357 g/mol. The number of aliphatic imine (C=N–C) groups is 1. The van der Waals surface area contributed by atoms with E-state index in [4.69, 9.17) is 9.73 Å². The number of benzene rings is 3. The monoisotopic (exact) mass is 357 g/mol. The highest BCUT2D eigenvalue weighted by molar-refractivity contribution is 5.96. The maximum absolute atomic E-state index is 12.5. The zero-order valence-electron chi connectivity index (χ0n) is 15.4. The molecule has 0 amide bonds. The number of nitrogens with zero attached hydrogens (tertiary/aromatic N) is 1. The summed E-state index contributed by atoms with van der Waals surface area (Å²) in [5.41, 5.74) is 3.03. The molecule has 0 aliphatic heterocycles. The summed E-state index contributed by atoms with van der Waals surface area (Å²) < 4.78 is 5.27. The van der Waals surface area contributed by atoms with Crippen molar-refractivity contribution in [3.05, 3.63) is 108 Å². The molecular weight excluding hydrogens is 334 g/mol. The molecular formula is C24H23NO2. The fourth-order valence-corrected chi connectivity index (χ4v) is 2.98. The van der Waals surface area contributed by atoms with Crippen molar-refractivity contribution in [2.75, 3.05) is 6.61 Å². The van der Waals surface area contributed by atoms with E-state index in [1.54, 1.807) is 6.21 Å². The third-order valence-electron chi connectivity index (χ3n) is 4.31. The van der Waals surface area contributed by atoms with E-state index in [1.807, 2.05) is 73.7 Å². The molecule has 0 bridgehead atoms. The first kappa shape index (κ1) is 18.6. The average Bonchev–Trinajstić information content (AvgIpc) is 2.73. The molecule has 27 heavy (non-hydrogen) atoms. The number of carbonyl (C=O) groups excluding carboxylic acids is 1. The molecule has 0 aromatic heterocycles. The van der Waals surface area contributed by atoms with E-state index in [0.29, 0.717) is 6.61 Å². The second kappa shape index (κ2) is 9.48. The van der Waals surface area contributed by atoms with Crippen molar-refractivity contribution in [2.24, 2.45) is 4.99 Å². The Bertz CT molecular complexity index is 821. The van der Waals surface area contributed by atoms with Crippen molar-refractivity contribution in [1.29, 1.82) is 0 Å². The van der Waals surface area contributed by atoms with Crippen LogP contribution in [0.5, 0.6) is 0 Å². The Morgan fingerprint density at radius 2 is 1.26 bits per heavy atom. The summed E-state index contributed by atoms with van der Waals surface area (Å²) >= 11 is 0. The molecule has 3 nitrogen and oxygen atoms in total. The standard InChI is InChI=1S/C24H23NO2/c1-2-27-24(26)22(19-12-6-3-7-13-19)18-25-23(20-14-8-4-9-15-20)21-16-10-5-11-17-21/h3-18,22-23H,2H2,1H3. The fraction of sp³-hybridized carbons (Fsp3) is 0.167. The highest BCUT2D eigenvalue weighted by Gasteiger charge is 2.21. The number of hydrogen-bond donors (Lipinski definition) is 0. The molecule has 0 N–H and O–H groups in total. The van der Waals surface area contributed by atoms with E-state index in [-0.39, 0.29) is 12.0 Å². The third kappa shape index (κ3) is 4.91. The van der Waals surface area contributed by atoms with Gasteiger partial charge in [0.15, 0.2) is 0 Å². The zero-order valence-corrected chi connectivity index (χ0v) is 15.4. The molecule has 3 aromatic rings. The van der Waals surface area contributed by atoms with Crippen molar-refractivity contribution in [2.45, 2.75) is 18.9 Å². The van der Waals surface area contributed by atoms with Crippen LogP contribution < -0.4 is 0 Å². The van der Waals surface area contributed by atoms with Gasteiger partial charge in [0, 0.05) is 6.21 Å². The van der Waals surface area contributed by atoms with Crippen LogP contribution in [0.4, 0.5) is 0 Å². The fourth-order valence-electron chi connectivity index (χ4n) is 2.98. The Hall–Kier alpha value is -3.20. The molecule has 1 unspecified atom stereocenters. The topological polar surface area (TPSA) is 38.7 Å². The van der Waals surface area contributed by atoms with Crippen molar-refractivity contribution in [3.63, 3.8) is 0 Å². The van der Waals surface area contributed by atoms with Crippen LogP contribution in [0.2, 0.25) is 0 Å². The van der Waals surface area contributed by atoms with Gasteiger partial charge < -0.3 is 4.74 Å².